The van der Waals surface area contributed by atoms with Crippen LogP contribution in [0.5, 0.6) is 0 Å². The maximum absolute atomic E-state index is 13.3. The van der Waals surface area contributed by atoms with Crippen molar-refractivity contribution in [1.29, 1.82) is 0 Å². The standard InChI is InChI=1S/C19H22FN5S/c20-16-7-4-6-15(12-16)13-21-14-17-8-5-11-25(17)19-23-22-18(26-19)24-9-2-1-3-10-24/h4-8,11-12,21H,1-3,9-10,13-14H2. The van der Waals surface area contributed by atoms with Gasteiger partial charge in [-0.15, -0.1) is 10.2 Å². The summed E-state index contributed by atoms with van der Waals surface area (Å²) in [6.07, 6.45) is 5.78. The molecule has 136 valence electrons. The Bertz CT molecular complexity index is 853. The van der Waals surface area contributed by atoms with Crippen LogP contribution in [0.15, 0.2) is 42.6 Å². The molecule has 1 aliphatic rings. The molecule has 7 heteroatoms. The fraction of sp³-hybridized carbons (Fsp3) is 0.368. The van der Waals surface area contributed by atoms with Crippen molar-refractivity contribution in [2.75, 3.05) is 18.0 Å². The molecule has 4 rings (SSSR count). The molecular formula is C19H22FN5S. The molecule has 1 N–H and O–H groups in total. The van der Waals surface area contributed by atoms with Crippen LogP contribution in [0.1, 0.15) is 30.5 Å². The van der Waals surface area contributed by atoms with Crippen molar-refractivity contribution in [1.82, 2.24) is 20.1 Å². The Kier molecular flexibility index (Phi) is 5.26. The van der Waals surface area contributed by atoms with E-state index in [1.165, 1.54) is 25.3 Å². The Morgan fingerprint density at radius 1 is 1.00 bits per heavy atom. The number of halogens is 1. The molecule has 0 aliphatic carbocycles. The number of hydrogen-bond acceptors (Lipinski definition) is 5. The molecule has 0 spiro atoms. The predicted molar refractivity (Wildman–Crippen MR) is 102 cm³/mol. The van der Waals surface area contributed by atoms with Gasteiger partial charge in [0.1, 0.15) is 5.82 Å². The maximum Gasteiger partial charge on any atom is 0.218 e. The number of aromatic nitrogens is 3. The van der Waals surface area contributed by atoms with Gasteiger partial charge in [0.2, 0.25) is 10.3 Å². The first-order chi connectivity index (χ1) is 12.8. The van der Waals surface area contributed by atoms with Crippen molar-refractivity contribution in [3.63, 3.8) is 0 Å². The molecule has 0 saturated carbocycles. The van der Waals surface area contributed by atoms with Crippen molar-refractivity contribution < 1.29 is 4.39 Å². The van der Waals surface area contributed by atoms with Crippen LogP contribution in [-0.2, 0) is 13.1 Å². The predicted octanol–water partition coefficient (Wildman–Crippen LogP) is 3.75. The minimum absolute atomic E-state index is 0.202. The second-order valence-electron chi connectivity index (χ2n) is 6.52. The number of benzene rings is 1. The lowest BCUT2D eigenvalue weighted by molar-refractivity contribution is 0.575. The van der Waals surface area contributed by atoms with Crippen LogP contribution in [0.4, 0.5) is 9.52 Å². The topological polar surface area (TPSA) is 46.0 Å². The zero-order valence-electron chi connectivity index (χ0n) is 14.6. The molecule has 0 radical (unpaired) electrons. The van der Waals surface area contributed by atoms with E-state index in [4.69, 9.17) is 0 Å². The average molecular weight is 371 g/mol. The average Bonchev–Trinajstić information content (AvgIpc) is 3.32. The molecular weight excluding hydrogens is 349 g/mol. The van der Waals surface area contributed by atoms with Gasteiger partial charge >= 0.3 is 0 Å². The molecule has 0 amide bonds. The molecule has 1 aliphatic heterocycles. The Balaban J connectivity index is 1.41. The maximum atomic E-state index is 13.3. The Morgan fingerprint density at radius 3 is 2.69 bits per heavy atom. The van der Waals surface area contributed by atoms with Gasteiger partial charge in [-0.25, -0.2) is 4.39 Å². The molecule has 1 saturated heterocycles. The third-order valence-electron chi connectivity index (χ3n) is 4.59. The van der Waals surface area contributed by atoms with Gasteiger partial charge in [0.05, 0.1) is 0 Å². The largest absolute Gasteiger partial charge is 0.347 e. The molecule has 2 aromatic heterocycles. The molecule has 3 aromatic rings. The third kappa shape index (κ3) is 3.94. The summed E-state index contributed by atoms with van der Waals surface area (Å²) in [4.78, 5) is 2.33. The fourth-order valence-corrected chi connectivity index (χ4v) is 4.16. The summed E-state index contributed by atoms with van der Waals surface area (Å²) in [5, 5.41) is 14.0. The summed E-state index contributed by atoms with van der Waals surface area (Å²) in [5.74, 6) is -0.202. The van der Waals surface area contributed by atoms with Gasteiger partial charge in [-0.3, -0.25) is 4.57 Å². The van der Waals surface area contributed by atoms with E-state index in [9.17, 15) is 4.39 Å². The highest BCUT2D eigenvalue weighted by Gasteiger charge is 2.16. The van der Waals surface area contributed by atoms with Crippen LogP contribution in [-0.4, -0.2) is 27.9 Å². The summed E-state index contributed by atoms with van der Waals surface area (Å²) in [7, 11) is 0. The van der Waals surface area contributed by atoms with Crippen molar-refractivity contribution in [3.05, 3.63) is 59.7 Å². The Hall–Kier alpha value is -2.25. The first kappa shape index (κ1) is 17.2. The first-order valence-electron chi connectivity index (χ1n) is 9.00. The highest BCUT2D eigenvalue weighted by atomic mass is 32.1. The highest BCUT2D eigenvalue weighted by Crippen LogP contribution is 2.26. The zero-order chi connectivity index (χ0) is 17.8. The van der Waals surface area contributed by atoms with Crippen LogP contribution in [0.25, 0.3) is 5.13 Å². The van der Waals surface area contributed by atoms with Crippen LogP contribution in [0.2, 0.25) is 0 Å². The van der Waals surface area contributed by atoms with E-state index in [0.29, 0.717) is 13.1 Å². The lowest BCUT2D eigenvalue weighted by atomic mass is 10.1. The van der Waals surface area contributed by atoms with E-state index in [1.54, 1.807) is 23.5 Å². The minimum atomic E-state index is -0.202. The van der Waals surface area contributed by atoms with Crippen LogP contribution >= 0.6 is 11.3 Å². The van der Waals surface area contributed by atoms with Gasteiger partial charge in [-0.2, -0.15) is 0 Å². The van der Waals surface area contributed by atoms with E-state index >= 15 is 0 Å². The van der Waals surface area contributed by atoms with Crippen molar-refractivity contribution in [2.45, 2.75) is 32.4 Å². The normalized spacial score (nSPS) is 14.7. The van der Waals surface area contributed by atoms with Gasteiger partial charge in [-0.1, -0.05) is 23.5 Å². The molecule has 5 nitrogen and oxygen atoms in total. The van der Waals surface area contributed by atoms with Crippen LogP contribution in [0, 0.1) is 5.82 Å². The summed E-state index contributed by atoms with van der Waals surface area (Å²) >= 11 is 1.63. The van der Waals surface area contributed by atoms with Gasteiger partial charge in [-0.05, 0) is 49.1 Å². The molecule has 3 heterocycles. The summed E-state index contributed by atoms with van der Waals surface area (Å²) in [5.41, 5.74) is 2.05. The SMILES string of the molecule is Fc1cccc(CNCc2cccn2-c2nnc(N3CCCCC3)s2)c1. The minimum Gasteiger partial charge on any atom is -0.347 e. The second-order valence-corrected chi connectivity index (χ2v) is 7.45. The fourth-order valence-electron chi connectivity index (χ4n) is 3.25. The Morgan fingerprint density at radius 2 is 1.85 bits per heavy atom. The van der Waals surface area contributed by atoms with E-state index in [-0.39, 0.29) is 5.82 Å². The summed E-state index contributed by atoms with van der Waals surface area (Å²) in [6, 6.07) is 10.8. The number of nitrogens with one attached hydrogen (secondary N) is 1. The summed E-state index contributed by atoms with van der Waals surface area (Å²) in [6.45, 7) is 3.45. The smallest absolute Gasteiger partial charge is 0.218 e. The van der Waals surface area contributed by atoms with Gasteiger partial charge < -0.3 is 10.2 Å². The highest BCUT2D eigenvalue weighted by molar-refractivity contribution is 7.17. The lowest BCUT2D eigenvalue weighted by Crippen LogP contribution is -2.29. The van der Waals surface area contributed by atoms with Crippen molar-refractivity contribution in [3.8, 4) is 5.13 Å². The first-order valence-corrected chi connectivity index (χ1v) is 9.81. The van der Waals surface area contributed by atoms with E-state index in [0.717, 1.165) is 34.6 Å². The zero-order valence-corrected chi connectivity index (χ0v) is 15.4. The number of anilines is 1. The van der Waals surface area contributed by atoms with Crippen molar-refractivity contribution in [2.24, 2.45) is 0 Å². The number of hydrogen-bond donors (Lipinski definition) is 1. The quantitative estimate of drug-likeness (QED) is 0.717. The van der Waals surface area contributed by atoms with Crippen LogP contribution in [0.3, 0.4) is 0 Å². The van der Waals surface area contributed by atoms with E-state index in [1.807, 2.05) is 18.3 Å². The molecule has 0 atom stereocenters. The number of rotatable bonds is 6. The van der Waals surface area contributed by atoms with E-state index < -0.39 is 0 Å². The van der Waals surface area contributed by atoms with Crippen LogP contribution < -0.4 is 10.2 Å². The third-order valence-corrected chi connectivity index (χ3v) is 5.58. The van der Waals surface area contributed by atoms with Gasteiger partial charge in [0, 0.05) is 38.1 Å². The van der Waals surface area contributed by atoms with Crippen molar-refractivity contribution >= 4 is 16.5 Å². The molecule has 0 bridgehead atoms. The van der Waals surface area contributed by atoms with Gasteiger partial charge in [0.15, 0.2) is 0 Å². The molecule has 26 heavy (non-hydrogen) atoms. The molecule has 1 aromatic carbocycles. The summed E-state index contributed by atoms with van der Waals surface area (Å²) < 4.78 is 15.3. The van der Waals surface area contributed by atoms with E-state index in [2.05, 4.69) is 31.0 Å². The Labute approximate surface area is 156 Å². The lowest BCUT2D eigenvalue weighted by Gasteiger charge is -2.25. The number of piperidine rings is 1. The van der Waals surface area contributed by atoms with Gasteiger partial charge in [0.25, 0.3) is 0 Å². The molecule has 0 unspecified atom stereocenters. The number of nitrogens with zero attached hydrogens (tertiary/aromatic N) is 4. The second kappa shape index (κ2) is 7.97. The molecule has 1 fully saturated rings. The monoisotopic (exact) mass is 371 g/mol.